The van der Waals surface area contributed by atoms with Crippen LogP contribution in [0.25, 0.3) is 22.8 Å². The van der Waals surface area contributed by atoms with Crippen LogP contribution in [0.5, 0.6) is 0 Å². The van der Waals surface area contributed by atoms with Gasteiger partial charge in [0, 0.05) is 44.9 Å². The van der Waals surface area contributed by atoms with Crippen molar-refractivity contribution < 1.29 is 13.7 Å². The maximum atomic E-state index is 11.4. The van der Waals surface area contributed by atoms with Crippen LogP contribution in [0, 0.1) is 0 Å². The van der Waals surface area contributed by atoms with E-state index in [2.05, 4.69) is 20.0 Å². The molecule has 3 aromatic rings. The summed E-state index contributed by atoms with van der Waals surface area (Å²) in [5, 5.41) is 4.04. The predicted octanol–water partition coefficient (Wildman–Crippen LogP) is 2.06. The average molecular weight is 339 g/mol. The monoisotopic (exact) mass is 339 g/mol. The number of amides is 1. The van der Waals surface area contributed by atoms with Gasteiger partial charge in [0.1, 0.15) is 12.1 Å². The minimum absolute atomic E-state index is 0.111. The fraction of sp³-hybridized carbons (Fsp3) is 0.294. The molecule has 1 amide bonds. The highest BCUT2D eigenvalue weighted by Crippen LogP contribution is 2.25. The molecule has 1 fully saturated rings. The van der Waals surface area contributed by atoms with Gasteiger partial charge in [-0.3, -0.25) is 4.79 Å². The lowest BCUT2D eigenvalue weighted by Crippen LogP contribution is -2.48. The molecule has 4 heterocycles. The van der Waals surface area contributed by atoms with Crippen LogP contribution in [-0.4, -0.2) is 52.1 Å². The molecule has 25 heavy (non-hydrogen) atoms. The molecule has 0 N–H and O–H groups in total. The van der Waals surface area contributed by atoms with E-state index in [1.54, 1.807) is 31.7 Å². The molecule has 8 heteroatoms. The maximum Gasteiger partial charge on any atom is 0.261 e. The molecule has 0 bridgehead atoms. The van der Waals surface area contributed by atoms with Crippen molar-refractivity contribution in [2.24, 2.45) is 0 Å². The van der Waals surface area contributed by atoms with Crippen LogP contribution >= 0.6 is 0 Å². The van der Waals surface area contributed by atoms with Gasteiger partial charge in [0.25, 0.3) is 5.89 Å². The second-order valence-electron chi connectivity index (χ2n) is 5.83. The third kappa shape index (κ3) is 3.10. The fourth-order valence-corrected chi connectivity index (χ4v) is 2.83. The van der Waals surface area contributed by atoms with Gasteiger partial charge in [-0.1, -0.05) is 5.16 Å². The van der Waals surface area contributed by atoms with Crippen molar-refractivity contribution in [2.45, 2.75) is 6.92 Å². The lowest BCUT2D eigenvalue weighted by atomic mass is 10.2. The minimum atomic E-state index is 0.111. The minimum Gasteiger partial charge on any atom is -0.472 e. The number of hydrogen-bond acceptors (Lipinski definition) is 7. The van der Waals surface area contributed by atoms with E-state index in [-0.39, 0.29) is 5.91 Å². The molecule has 1 saturated heterocycles. The Morgan fingerprint density at radius 1 is 1.16 bits per heavy atom. The van der Waals surface area contributed by atoms with Crippen molar-refractivity contribution in [1.82, 2.24) is 20.0 Å². The highest BCUT2D eigenvalue weighted by Gasteiger charge is 2.20. The first kappa shape index (κ1) is 15.4. The number of carbonyl (C=O) groups excluding carboxylic acids is 1. The highest BCUT2D eigenvalue weighted by molar-refractivity contribution is 5.73. The smallest absolute Gasteiger partial charge is 0.261 e. The van der Waals surface area contributed by atoms with Gasteiger partial charge in [0.2, 0.25) is 11.7 Å². The Morgan fingerprint density at radius 2 is 2.00 bits per heavy atom. The number of furan rings is 1. The summed E-state index contributed by atoms with van der Waals surface area (Å²) >= 11 is 0. The molecule has 0 aliphatic carbocycles. The first-order valence-corrected chi connectivity index (χ1v) is 8.04. The first-order valence-electron chi connectivity index (χ1n) is 8.04. The van der Waals surface area contributed by atoms with Crippen LogP contribution in [0.3, 0.4) is 0 Å². The van der Waals surface area contributed by atoms with Crippen molar-refractivity contribution in [3.63, 3.8) is 0 Å². The van der Waals surface area contributed by atoms with Crippen molar-refractivity contribution in [2.75, 3.05) is 31.1 Å². The molecule has 1 aliphatic rings. The molecule has 128 valence electrons. The quantitative estimate of drug-likeness (QED) is 0.721. The molecule has 0 spiro atoms. The van der Waals surface area contributed by atoms with Gasteiger partial charge in [-0.05, 0) is 18.2 Å². The van der Waals surface area contributed by atoms with Gasteiger partial charge >= 0.3 is 0 Å². The van der Waals surface area contributed by atoms with Crippen LogP contribution in [0.1, 0.15) is 6.92 Å². The van der Waals surface area contributed by atoms with Crippen molar-refractivity contribution >= 4 is 11.7 Å². The Hall–Kier alpha value is -3.16. The summed E-state index contributed by atoms with van der Waals surface area (Å²) in [5.74, 6) is 1.87. The topological polar surface area (TPSA) is 88.5 Å². The van der Waals surface area contributed by atoms with E-state index in [9.17, 15) is 4.79 Å². The molecule has 0 aromatic carbocycles. The molecule has 0 radical (unpaired) electrons. The highest BCUT2D eigenvalue weighted by atomic mass is 16.5. The van der Waals surface area contributed by atoms with Gasteiger partial charge < -0.3 is 18.7 Å². The van der Waals surface area contributed by atoms with Crippen LogP contribution in [0.4, 0.5) is 5.82 Å². The van der Waals surface area contributed by atoms with Crippen LogP contribution in [0.2, 0.25) is 0 Å². The zero-order valence-corrected chi connectivity index (χ0v) is 13.8. The number of nitrogens with zero attached hydrogens (tertiary/aromatic N) is 5. The summed E-state index contributed by atoms with van der Waals surface area (Å²) in [7, 11) is 0. The summed E-state index contributed by atoms with van der Waals surface area (Å²) in [6.07, 6.45) is 4.85. The Balaban J connectivity index is 1.53. The van der Waals surface area contributed by atoms with E-state index in [0.29, 0.717) is 24.8 Å². The normalized spacial score (nSPS) is 14.8. The third-order valence-electron chi connectivity index (χ3n) is 4.25. The summed E-state index contributed by atoms with van der Waals surface area (Å²) in [5.41, 5.74) is 1.57. The SMILES string of the molecule is CC(=O)N1CCN(c2cc(-c3noc(-c4ccoc4)n3)ccn2)CC1. The maximum absolute atomic E-state index is 11.4. The molecular formula is C17H17N5O3. The summed E-state index contributed by atoms with van der Waals surface area (Å²) < 4.78 is 10.3. The Kier molecular flexibility index (Phi) is 3.93. The Morgan fingerprint density at radius 3 is 2.72 bits per heavy atom. The lowest BCUT2D eigenvalue weighted by Gasteiger charge is -2.34. The number of carbonyl (C=O) groups is 1. The largest absolute Gasteiger partial charge is 0.472 e. The van der Waals surface area contributed by atoms with Gasteiger partial charge in [0.05, 0.1) is 11.8 Å². The zero-order chi connectivity index (χ0) is 17.2. The number of anilines is 1. The molecule has 8 nitrogen and oxygen atoms in total. The predicted molar refractivity (Wildman–Crippen MR) is 89.7 cm³/mol. The Labute approximate surface area is 144 Å². The van der Waals surface area contributed by atoms with Crippen molar-refractivity contribution in [3.8, 4) is 22.8 Å². The molecule has 0 atom stereocenters. The van der Waals surface area contributed by atoms with Crippen LogP contribution in [-0.2, 0) is 4.79 Å². The summed E-state index contributed by atoms with van der Waals surface area (Å²) in [4.78, 5) is 24.3. The van der Waals surface area contributed by atoms with Crippen molar-refractivity contribution in [1.29, 1.82) is 0 Å². The van der Waals surface area contributed by atoms with E-state index in [4.69, 9.17) is 8.94 Å². The van der Waals surface area contributed by atoms with E-state index < -0.39 is 0 Å². The van der Waals surface area contributed by atoms with E-state index >= 15 is 0 Å². The standard InChI is InChI=1S/C17H17N5O3/c1-12(23)21-5-7-22(8-6-21)15-10-13(2-4-18-15)16-19-17(25-20-16)14-3-9-24-11-14/h2-4,9-11H,5-8H2,1H3. The van der Waals surface area contributed by atoms with E-state index in [1.165, 1.54) is 0 Å². The number of rotatable bonds is 3. The van der Waals surface area contributed by atoms with Crippen molar-refractivity contribution in [3.05, 3.63) is 36.9 Å². The molecule has 3 aromatic heterocycles. The molecule has 0 saturated carbocycles. The third-order valence-corrected chi connectivity index (χ3v) is 4.25. The second kappa shape index (κ2) is 6.39. The lowest BCUT2D eigenvalue weighted by molar-refractivity contribution is -0.129. The number of aromatic nitrogens is 3. The van der Waals surface area contributed by atoms with Crippen LogP contribution < -0.4 is 4.90 Å². The molecule has 0 unspecified atom stereocenters. The van der Waals surface area contributed by atoms with Gasteiger partial charge in [-0.2, -0.15) is 4.98 Å². The zero-order valence-electron chi connectivity index (χ0n) is 13.8. The molecule has 1 aliphatic heterocycles. The summed E-state index contributed by atoms with van der Waals surface area (Å²) in [6.45, 7) is 4.51. The van der Waals surface area contributed by atoms with Gasteiger partial charge in [-0.25, -0.2) is 4.98 Å². The van der Waals surface area contributed by atoms with Gasteiger partial charge in [-0.15, -0.1) is 0 Å². The fourth-order valence-electron chi connectivity index (χ4n) is 2.83. The number of pyridine rings is 1. The number of piperazine rings is 1. The van der Waals surface area contributed by atoms with Gasteiger partial charge in [0.15, 0.2) is 0 Å². The van der Waals surface area contributed by atoms with E-state index in [1.807, 2.05) is 17.0 Å². The second-order valence-corrected chi connectivity index (χ2v) is 5.83. The Bertz CT molecular complexity index is 866. The van der Waals surface area contributed by atoms with E-state index in [0.717, 1.165) is 30.0 Å². The molecular weight excluding hydrogens is 322 g/mol. The molecule has 4 rings (SSSR count). The first-order chi connectivity index (χ1) is 12.2. The summed E-state index contributed by atoms with van der Waals surface area (Å²) in [6, 6.07) is 5.55. The number of hydrogen-bond donors (Lipinski definition) is 0. The van der Waals surface area contributed by atoms with Crippen LogP contribution in [0.15, 0.2) is 45.9 Å². The average Bonchev–Trinajstić information content (AvgIpc) is 3.33.